The molecule has 0 aliphatic carbocycles. The minimum Gasteiger partial charge on any atom is -0.297 e. The standard InChI is InChI=1S/C24H22Cl2N2O/c25-21-5-1-17(2-6-21)20-9-12-27-23(15-20)16-28-13-10-19(11-14-28)24(29)18-3-7-22(26)8-4-18/h1-9,12,15,19H,10-11,13-14,16H2. The molecule has 0 bridgehead atoms. The zero-order chi connectivity index (χ0) is 20.2. The van der Waals surface area contributed by atoms with Crippen molar-refractivity contribution in [1.29, 1.82) is 0 Å². The van der Waals surface area contributed by atoms with Gasteiger partial charge in [0.05, 0.1) is 5.69 Å². The molecule has 1 aromatic heterocycles. The van der Waals surface area contributed by atoms with Gasteiger partial charge in [0.15, 0.2) is 5.78 Å². The van der Waals surface area contributed by atoms with Gasteiger partial charge in [0.1, 0.15) is 0 Å². The van der Waals surface area contributed by atoms with E-state index in [-0.39, 0.29) is 11.7 Å². The first-order valence-electron chi connectivity index (χ1n) is 9.81. The van der Waals surface area contributed by atoms with E-state index in [0.717, 1.165) is 59.9 Å². The summed E-state index contributed by atoms with van der Waals surface area (Å²) >= 11 is 11.9. The molecule has 3 aromatic rings. The van der Waals surface area contributed by atoms with Crippen LogP contribution in [0.1, 0.15) is 28.9 Å². The first kappa shape index (κ1) is 20.1. The van der Waals surface area contributed by atoms with Gasteiger partial charge in [-0.05, 0) is 85.6 Å². The highest BCUT2D eigenvalue weighted by atomic mass is 35.5. The highest BCUT2D eigenvalue weighted by Crippen LogP contribution is 2.25. The van der Waals surface area contributed by atoms with Gasteiger partial charge in [-0.15, -0.1) is 0 Å². The molecule has 0 spiro atoms. The average molecular weight is 425 g/mol. The summed E-state index contributed by atoms with van der Waals surface area (Å²) in [5.41, 5.74) is 4.06. The van der Waals surface area contributed by atoms with Gasteiger partial charge in [0.2, 0.25) is 0 Å². The number of rotatable bonds is 5. The highest BCUT2D eigenvalue weighted by Gasteiger charge is 2.26. The molecule has 1 saturated heterocycles. The molecule has 1 aliphatic heterocycles. The van der Waals surface area contributed by atoms with Gasteiger partial charge in [-0.1, -0.05) is 35.3 Å². The van der Waals surface area contributed by atoms with Crippen LogP contribution in [0.2, 0.25) is 10.0 Å². The van der Waals surface area contributed by atoms with Gasteiger partial charge in [0.25, 0.3) is 0 Å². The van der Waals surface area contributed by atoms with Crippen molar-refractivity contribution < 1.29 is 4.79 Å². The second-order valence-corrected chi connectivity index (χ2v) is 8.34. The third-order valence-corrected chi connectivity index (χ3v) is 5.97. The lowest BCUT2D eigenvalue weighted by atomic mass is 9.89. The molecular formula is C24H22Cl2N2O. The number of carbonyl (C=O) groups is 1. The maximum Gasteiger partial charge on any atom is 0.166 e. The minimum absolute atomic E-state index is 0.0841. The van der Waals surface area contributed by atoms with E-state index in [1.165, 1.54) is 0 Å². The van der Waals surface area contributed by atoms with Crippen LogP contribution in [0.3, 0.4) is 0 Å². The number of hydrogen-bond acceptors (Lipinski definition) is 3. The number of hydrogen-bond donors (Lipinski definition) is 0. The van der Waals surface area contributed by atoms with Crippen molar-refractivity contribution in [2.75, 3.05) is 13.1 Å². The van der Waals surface area contributed by atoms with Crippen LogP contribution in [0.15, 0.2) is 66.9 Å². The Morgan fingerprint density at radius 3 is 2.17 bits per heavy atom. The van der Waals surface area contributed by atoms with Crippen molar-refractivity contribution in [2.24, 2.45) is 5.92 Å². The summed E-state index contributed by atoms with van der Waals surface area (Å²) in [4.78, 5) is 19.6. The highest BCUT2D eigenvalue weighted by molar-refractivity contribution is 6.31. The van der Waals surface area contributed by atoms with Crippen molar-refractivity contribution in [3.63, 3.8) is 0 Å². The molecule has 0 amide bonds. The van der Waals surface area contributed by atoms with Crippen LogP contribution in [0.4, 0.5) is 0 Å². The fraction of sp³-hybridized carbons (Fsp3) is 0.250. The Labute approximate surface area is 181 Å². The molecule has 2 aromatic carbocycles. The van der Waals surface area contributed by atoms with Gasteiger partial charge in [-0.3, -0.25) is 14.7 Å². The number of Topliss-reactive ketones (excluding diaryl/α,β-unsaturated/α-hetero) is 1. The quantitative estimate of drug-likeness (QED) is 0.460. The van der Waals surface area contributed by atoms with E-state index in [1.54, 1.807) is 12.1 Å². The van der Waals surface area contributed by atoms with Gasteiger partial charge in [0, 0.05) is 34.3 Å². The predicted molar refractivity (Wildman–Crippen MR) is 118 cm³/mol. The van der Waals surface area contributed by atoms with Crippen LogP contribution in [-0.4, -0.2) is 28.8 Å². The number of benzene rings is 2. The third kappa shape index (κ3) is 5.05. The van der Waals surface area contributed by atoms with Crippen LogP contribution in [-0.2, 0) is 6.54 Å². The molecular weight excluding hydrogens is 403 g/mol. The second kappa shape index (κ2) is 9.08. The molecule has 1 fully saturated rings. The molecule has 5 heteroatoms. The minimum atomic E-state index is 0.0841. The Morgan fingerprint density at radius 1 is 0.897 bits per heavy atom. The molecule has 0 N–H and O–H groups in total. The number of aromatic nitrogens is 1. The van der Waals surface area contributed by atoms with E-state index in [9.17, 15) is 4.79 Å². The zero-order valence-electron chi connectivity index (χ0n) is 16.0. The predicted octanol–water partition coefficient (Wildman–Crippen LogP) is 6.15. The van der Waals surface area contributed by atoms with Gasteiger partial charge in [-0.2, -0.15) is 0 Å². The van der Waals surface area contributed by atoms with E-state index >= 15 is 0 Å². The van der Waals surface area contributed by atoms with Crippen LogP contribution in [0.5, 0.6) is 0 Å². The van der Waals surface area contributed by atoms with E-state index in [4.69, 9.17) is 23.2 Å². The maximum absolute atomic E-state index is 12.7. The lowest BCUT2D eigenvalue weighted by Gasteiger charge is -2.31. The Bertz CT molecular complexity index is 979. The lowest BCUT2D eigenvalue weighted by Crippen LogP contribution is -2.36. The lowest BCUT2D eigenvalue weighted by molar-refractivity contribution is 0.0834. The topological polar surface area (TPSA) is 33.2 Å². The number of piperidine rings is 1. The monoisotopic (exact) mass is 424 g/mol. The molecule has 4 rings (SSSR count). The first-order valence-corrected chi connectivity index (χ1v) is 10.6. The fourth-order valence-electron chi connectivity index (χ4n) is 3.82. The van der Waals surface area contributed by atoms with Crippen molar-refractivity contribution in [3.05, 3.63) is 88.2 Å². The van der Waals surface area contributed by atoms with E-state index in [2.05, 4.69) is 16.0 Å². The number of pyridine rings is 1. The summed E-state index contributed by atoms with van der Waals surface area (Å²) < 4.78 is 0. The molecule has 2 heterocycles. The van der Waals surface area contributed by atoms with Crippen LogP contribution >= 0.6 is 23.2 Å². The van der Waals surface area contributed by atoms with E-state index in [1.807, 2.05) is 48.7 Å². The molecule has 0 radical (unpaired) electrons. The molecule has 0 unspecified atom stereocenters. The number of nitrogens with zero attached hydrogens (tertiary/aromatic N) is 2. The molecule has 0 saturated carbocycles. The zero-order valence-corrected chi connectivity index (χ0v) is 17.5. The average Bonchev–Trinajstić information content (AvgIpc) is 2.75. The van der Waals surface area contributed by atoms with Crippen molar-refractivity contribution in [1.82, 2.24) is 9.88 Å². The number of halogens is 2. The molecule has 3 nitrogen and oxygen atoms in total. The Hall–Kier alpha value is -2.20. The molecule has 148 valence electrons. The normalized spacial score (nSPS) is 15.4. The first-order chi connectivity index (χ1) is 14.1. The van der Waals surface area contributed by atoms with Crippen molar-refractivity contribution in [2.45, 2.75) is 19.4 Å². The molecule has 0 atom stereocenters. The maximum atomic E-state index is 12.7. The van der Waals surface area contributed by atoms with Gasteiger partial charge in [-0.25, -0.2) is 0 Å². The Balaban J connectivity index is 1.36. The summed E-state index contributed by atoms with van der Waals surface area (Å²) in [6.07, 6.45) is 3.60. The number of ketones is 1. The third-order valence-electron chi connectivity index (χ3n) is 5.47. The summed E-state index contributed by atoms with van der Waals surface area (Å²) in [5.74, 6) is 0.310. The van der Waals surface area contributed by atoms with Gasteiger partial charge >= 0.3 is 0 Å². The summed E-state index contributed by atoms with van der Waals surface area (Å²) in [5, 5.41) is 1.39. The van der Waals surface area contributed by atoms with E-state index < -0.39 is 0 Å². The van der Waals surface area contributed by atoms with E-state index in [0.29, 0.717) is 5.02 Å². The van der Waals surface area contributed by atoms with Crippen LogP contribution in [0, 0.1) is 5.92 Å². The summed E-state index contributed by atoms with van der Waals surface area (Å²) in [7, 11) is 0. The summed E-state index contributed by atoms with van der Waals surface area (Å²) in [6.45, 7) is 2.59. The molecule has 1 aliphatic rings. The smallest absolute Gasteiger partial charge is 0.166 e. The number of likely N-dealkylation sites (tertiary alicyclic amines) is 1. The van der Waals surface area contributed by atoms with Crippen molar-refractivity contribution >= 4 is 29.0 Å². The van der Waals surface area contributed by atoms with Crippen LogP contribution < -0.4 is 0 Å². The Morgan fingerprint density at radius 2 is 1.52 bits per heavy atom. The molecule has 29 heavy (non-hydrogen) atoms. The largest absolute Gasteiger partial charge is 0.297 e. The fourth-order valence-corrected chi connectivity index (χ4v) is 4.07. The summed E-state index contributed by atoms with van der Waals surface area (Å²) in [6, 6.07) is 19.2. The number of carbonyl (C=O) groups excluding carboxylic acids is 1. The van der Waals surface area contributed by atoms with Crippen LogP contribution in [0.25, 0.3) is 11.1 Å². The van der Waals surface area contributed by atoms with Gasteiger partial charge < -0.3 is 0 Å². The Kier molecular flexibility index (Phi) is 6.29. The second-order valence-electron chi connectivity index (χ2n) is 7.46. The SMILES string of the molecule is O=C(c1ccc(Cl)cc1)C1CCN(Cc2cc(-c3ccc(Cl)cc3)ccn2)CC1. The van der Waals surface area contributed by atoms with Crippen molar-refractivity contribution in [3.8, 4) is 11.1 Å².